The minimum atomic E-state index is -0.510. The molecular formula is C22H20N8O2S. The van der Waals surface area contributed by atoms with Gasteiger partial charge in [-0.05, 0) is 40.5 Å². The number of carbonyl (C=O) groups is 1. The summed E-state index contributed by atoms with van der Waals surface area (Å²) in [6.07, 6.45) is 3.52. The van der Waals surface area contributed by atoms with E-state index in [1.54, 1.807) is 6.21 Å². The highest BCUT2D eigenvalue weighted by atomic mass is 32.2. The van der Waals surface area contributed by atoms with Crippen LogP contribution in [0.2, 0.25) is 0 Å². The topological polar surface area (TPSA) is 137 Å². The number of nitrogens with two attached hydrogens (primary N) is 1. The molecule has 0 saturated heterocycles. The van der Waals surface area contributed by atoms with E-state index < -0.39 is 5.91 Å². The van der Waals surface area contributed by atoms with Crippen LogP contribution in [-0.2, 0) is 5.75 Å². The monoisotopic (exact) mass is 460 g/mol. The first-order valence-electron chi connectivity index (χ1n) is 9.89. The van der Waals surface area contributed by atoms with E-state index in [1.807, 2.05) is 73.7 Å². The van der Waals surface area contributed by atoms with Crippen LogP contribution < -0.4 is 11.2 Å². The molecule has 0 bridgehead atoms. The fourth-order valence-corrected chi connectivity index (χ4v) is 3.79. The van der Waals surface area contributed by atoms with E-state index in [0.717, 1.165) is 16.0 Å². The van der Waals surface area contributed by atoms with Gasteiger partial charge in [0.15, 0.2) is 5.69 Å². The van der Waals surface area contributed by atoms with Gasteiger partial charge in [0.05, 0.1) is 11.9 Å². The van der Waals surface area contributed by atoms with Gasteiger partial charge in [-0.25, -0.2) is 10.1 Å². The number of benzene rings is 2. The van der Waals surface area contributed by atoms with Crippen LogP contribution in [0.4, 0.5) is 5.82 Å². The molecule has 0 aliphatic heterocycles. The molecule has 0 saturated carbocycles. The summed E-state index contributed by atoms with van der Waals surface area (Å²) in [6, 6.07) is 19.6. The number of nitrogen functional groups attached to an aromatic ring is 1. The highest BCUT2D eigenvalue weighted by Gasteiger charge is 2.23. The third kappa shape index (κ3) is 5.52. The van der Waals surface area contributed by atoms with Crippen LogP contribution in [0.15, 0.2) is 80.9 Å². The van der Waals surface area contributed by atoms with Gasteiger partial charge in [-0.3, -0.25) is 4.79 Å². The van der Waals surface area contributed by atoms with Gasteiger partial charge < -0.3 is 5.73 Å². The Balaban J connectivity index is 1.53. The first-order chi connectivity index (χ1) is 16.1. The predicted molar refractivity (Wildman–Crippen MR) is 126 cm³/mol. The molecule has 2 aromatic carbocycles. The molecule has 10 nitrogen and oxygen atoms in total. The Morgan fingerprint density at radius 1 is 1.15 bits per heavy atom. The Hall–Kier alpha value is -4.25. The largest absolute Gasteiger partial charge is 0.378 e. The van der Waals surface area contributed by atoms with Crippen molar-refractivity contribution in [2.24, 2.45) is 5.10 Å². The number of carbonyl (C=O) groups excluding carboxylic acids is 1. The number of nitrogens with zero attached hydrogens (tertiary/aromatic N) is 6. The number of hydrazone groups is 1. The lowest BCUT2D eigenvalue weighted by Crippen LogP contribution is -2.20. The normalized spacial score (nSPS) is 11.7. The fraction of sp³-hybridized carbons (Fsp3) is 0.0909. The van der Waals surface area contributed by atoms with Crippen LogP contribution in [0, 0.1) is 0 Å². The number of thioether (sulfide) groups is 1. The molecule has 4 rings (SSSR count). The zero-order valence-electron chi connectivity index (χ0n) is 17.6. The van der Waals surface area contributed by atoms with Crippen molar-refractivity contribution in [1.29, 1.82) is 0 Å². The van der Waals surface area contributed by atoms with E-state index in [0.29, 0.717) is 11.4 Å². The second kappa shape index (κ2) is 10.4. The highest BCUT2D eigenvalue weighted by molar-refractivity contribution is 7.98. The van der Waals surface area contributed by atoms with Crippen LogP contribution in [0.3, 0.4) is 0 Å². The average molecular weight is 461 g/mol. The summed E-state index contributed by atoms with van der Waals surface area (Å²) in [5.41, 5.74) is 10.8. The Labute approximate surface area is 193 Å². The molecule has 0 radical (unpaired) electrons. The Kier molecular flexibility index (Phi) is 6.90. The SMILES string of the molecule is CC(C=NNC(=O)c1nnn(-c2nonc2N)c1CSc1ccccc1)=Cc1ccccc1. The van der Waals surface area contributed by atoms with E-state index in [1.165, 1.54) is 16.4 Å². The molecule has 0 atom stereocenters. The second-order valence-electron chi connectivity index (χ2n) is 6.87. The number of rotatable bonds is 8. The Morgan fingerprint density at radius 3 is 2.58 bits per heavy atom. The first-order valence-corrected chi connectivity index (χ1v) is 10.9. The van der Waals surface area contributed by atoms with Crippen molar-refractivity contribution >= 4 is 35.8 Å². The molecule has 1 amide bonds. The standard InChI is InChI=1S/C22H20N8O2S/c1-15(12-16-8-4-2-5-9-16)13-24-26-22(31)19-18(14-33-17-10-6-3-7-11-17)30(29-25-19)21-20(23)27-32-28-21/h2-13H,14H2,1H3,(H2,23,27)(H,26,31). The average Bonchev–Trinajstić information content (AvgIpc) is 3.44. The van der Waals surface area contributed by atoms with Crippen LogP contribution in [0.1, 0.15) is 28.7 Å². The van der Waals surface area contributed by atoms with Crippen LogP contribution in [-0.4, -0.2) is 37.4 Å². The zero-order valence-corrected chi connectivity index (χ0v) is 18.4. The second-order valence-corrected chi connectivity index (χ2v) is 7.92. The maximum Gasteiger partial charge on any atom is 0.293 e. The number of amides is 1. The van der Waals surface area contributed by atoms with Crippen LogP contribution >= 0.6 is 11.8 Å². The summed E-state index contributed by atoms with van der Waals surface area (Å²) in [6.45, 7) is 1.89. The molecule has 0 unspecified atom stereocenters. The van der Waals surface area contributed by atoms with Crippen molar-refractivity contribution in [1.82, 2.24) is 30.7 Å². The molecule has 33 heavy (non-hydrogen) atoms. The van der Waals surface area contributed by atoms with Gasteiger partial charge in [-0.15, -0.1) is 16.9 Å². The quantitative estimate of drug-likeness (QED) is 0.232. The molecule has 0 spiro atoms. The zero-order chi connectivity index (χ0) is 23.0. The predicted octanol–water partition coefficient (Wildman–Crippen LogP) is 3.34. The van der Waals surface area contributed by atoms with Gasteiger partial charge in [0, 0.05) is 10.6 Å². The lowest BCUT2D eigenvalue weighted by molar-refractivity contribution is 0.0949. The number of allylic oxidation sites excluding steroid dienone is 1. The number of aromatic nitrogens is 5. The molecule has 166 valence electrons. The Bertz CT molecular complexity index is 1280. The van der Waals surface area contributed by atoms with Crippen molar-refractivity contribution in [2.45, 2.75) is 17.6 Å². The summed E-state index contributed by atoms with van der Waals surface area (Å²) >= 11 is 1.51. The minimum absolute atomic E-state index is 0.0394. The van der Waals surface area contributed by atoms with E-state index in [2.05, 4.69) is 35.8 Å². The van der Waals surface area contributed by atoms with Crippen molar-refractivity contribution in [3.05, 3.63) is 83.2 Å². The number of anilines is 1. The van der Waals surface area contributed by atoms with E-state index in [9.17, 15) is 4.79 Å². The summed E-state index contributed by atoms with van der Waals surface area (Å²) in [4.78, 5) is 13.8. The molecular weight excluding hydrogens is 440 g/mol. The van der Waals surface area contributed by atoms with E-state index >= 15 is 0 Å². The van der Waals surface area contributed by atoms with E-state index in [4.69, 9.17) is 5.73 Å². The lowest BCUT2D eigenvalue weighted by atomic mass is 10.1. The number of nitrogens with one attached hydrogen (secondary N) is 1. The maximum atomic E-state index is 12.8. The van der Waals surface area contributed by atoms with Gasteiger partial charge in [0.1, 0.15) is 0 Å². The molecule has 2 aromatic heterocycles. The number of hydrogen-bond acceptors (Lipinski definition) is 9. The smallest absolute Gasteiger partial charge is 0.293 e. The molecule has 0 fully saturated rings. The molecule has 2 heterocycles. The van der Waals surface area contributed by atoms with Crippen LogP contribution in [0.25, 0.3) is 11.9 Å². The summed E-state index contributed by atoms with van der Waals surface area (Å²) in [7, 11) is 0. The molecule has 11 heteroatoms. The Morgan fingerprint density at radius 2 is 1.88 bits per heavy atom. The van der Waals surface area contributed by atoms with Gasteiger partial charge >= 0.3 is 0 Å². The fourth-order valence-electron chi connectivity index (χ4n) is 2.88. The summed E-state index contributed by atoms with van der Waals surface area (Å²) in [5, 5.41) is 19.5. The number of hydrogen-bond donors (Lipinski definition) is 2. The van der Waals surface area contributed by atoms with Crippen molar-refractivity contribution < 1.29 is 9.42 Å². The molecule has 0 aliphatic rings. The van der Waals surface area contributed by atoms with Gasteiger partial charge in [-0.1, -0.05) is 59.8 Å². The minimum Gasteiger partial charge on any atom is -0.378 e. The third-order valence-corrected chi connectivity index (χ3v) is 5.44. The van der Waals surface area contributed by atoms with Crippen molar-refractivity contribution in [2.75, 3.05) is 5.73 Å². The highest BCUT2D eigenvalue weighted by Crippen LogP contribution is 2.25. The van der Waals surface area contributed by atoms with Gasteiger partial charge in [0.2, 0.25) is 11.6 Å². The lowest BCUT2D eigenvalue weighted by Gasteiger charge is -2.05. The van der Waals surface area contributed by atoms with Gasteiger partial charge in [0.25, 0.3) is 5.91 Å². The summed E-state index contributed by atoms with van der Waals surface area (Å²) in [5.74, 6) is 0.0690. The summed E-state index contributed by atoms with van der Waals surface area (Å²) < 4.78 is 6.02. The van der Waals surface area contributed by atoms with E-state index in [-0.39, 0.29) is 17.3 Å². The maximum absolute atomic E-state index is 12.8. The van der Waals surface area contributed by atoms with Crippen molar-refractivity contribution in [3.8, 4) is 5.82 Å². The molecule has 0 aliphatic carbocycles. The van der Waals surface area contributed by atoms with Crippen molar-refractivity contribution in [3.63, 3.8) is 0 Å². The first kappa shape index (κ1) is 22.0. The molecule has 3 N–H and O–H groups in total. The van der Waals surface area contributed by atoms with Gasteiger partial charge in [-0.2, -0.15) is 9.78 Å². The molecule has 4 aromatic rings. The van der Waals surface area contributed by atoms with Crippen LogP contribution in [0.5, 0.6) is 0 Å². The third-order valence-electron chi connectivity index (χ3n) is 4.42.